The van der Waals surface area contributed by atoms with Gasteiger partial charge in [0.05, 0.1) is 0 Å². The number of nitrogens with one attached hydrogen (secondary N) is 2. The van der Waals surface area contributed by atoms with E-state index in [1.807, 2.05) is 0 Å². The minimum atomic E-state index is -0.611. The lowest BCUT2D eigenvalue weighted by atomic mass is 9.96. The molecule has 1 aromatic carbocycles. The molecule has 1 aliphatic heterocycles. The number of rotatable bonds is 6. The Morgan fingerprint density at radius 1 is 1.20 bits per heavy atom. The van der Waals surface area contributed by atoms with Crippen molar-refractivity contribution in [3.63, 3.8) is 0 Å². The molecule has 1 aromatic rings. The molecular weight excluding hydrogens is 389 g/mol. The van der Waals surface area contributed by atoms with Crippen LogP contribution in [0.2, 0.25) is 0 Å². The zero-order valence-corrected chi connectivity index (χ0v) is 17.7. The van der Waals surface area contributed by atoms with Gasteiger partial charge in [-0.25, -0.2) is 9.18 Å². The summed E-state index contributed by atoms with van der Waals surface area (Å²) in [5.74, 6) is -0.458. The van der Waals surface area contributed by atoms with Gasteiger partial charge in [-0.3, -0.25) is 9.59 Å². The standard InChI is InChI=1S/C22H30FN3O4/c1-22(2,3)30-21(29)25-15-20(28)26-11-9-17(10-12-26)14-24-19(27)8-7-16-5-4-6-18(23)13-16/h4-8,13,17H,9-12,14-15H2,1-3H3,(H,24,27)(H,25,29)/b8-7+. The summed E-state index contributed by atoms with van der Waals surface area (Å²) >= 11 is 0. The van der Waals surface area contributed by atoms with Crippen LogP contribution in [0, 0.1) is 11.7 Å². The Bertz CT molecular complexity index is 781. The summed E-state index contributed by atoms with van der Waals surface area (Å²) in [6, 6.07) is 6.01. The predicted octanol–water partition coefficient (Wildman–Crippen LogP) is 2.72. The molecular formula is C22H30FN3O4. The highest BCUT2D eigenvalue weighted by Crippen LogP contribution is 2.16. The molecule has 0 spiro atoms. The van der Waals surface area contributed by atoms with E-state index in [9.17, 15) is 18.8 Å². The van der Waals surface area contributed by atoms with E-state index in [1.54, 1.807) is 43.9 Å². The molecule has 0 radical (unpaired) electrons. The molecule has 0 bridgehead atoms. The first kappa shape index (κ1) is 23.4. The van der Waals surface area contributed by atoms with E-state index in [0.717, 1.165) is 12.8 Å². The highest BCUT2D eigenvalue weighted by molar-refractivity contribution is 5.91. The summed E-state index contributed by atoms with van der Waals surface area (Å²) in [5.41, 5.74) is 0.0134. The second kappa shape index (κ2) is 10.8. The molecule has 0 aliphatic carbocycles. The lowest BCUT2D eigenvalue weighted by molar-refractivity contribution is -0.131. The van der Waals surface area contributed by atoms with Crippen LogP contribution in [-0.2, 0) is 14.3 Å². The van der Waals surface area contributed by atoms with Crippen LogP contribution in [0.4, 0.5) is 9.18 Å². The maximum absolute atomic E-state index is 13.1. The topological polar surface area (TPSA) is 87.7 Å². The Balaban J connectivity index is 1.66. The summed E-state index contributed by atoms with van der Waals surface area (Å²) < 4.78 is 18.3. The van der Waals surface area contributed by atoms with Gasteiger partial charge in [0.2, 0.25) is 11.8 Å². The van der Waals surface area contributed by atoms with Gasteiger partial charge in [-0.1, -0.05) is 12.1 Å². The van der Waals surface area contributed by atoms with Crippen LogP contribution in [0.15, 0.2) is 30.3 Å². The van der Waals surface area contributed by atoms with Gasteiger partial charge in [0.15, 0.2) is 0 Å². The van der Waals surface area contributed by atoms with Crippen molar-refractivity contribution in [2.75, 3.05) is 26.2 Å². The van der Waals surface area contributed by atoms with Crippen molar-refractivity contribution >= 4 is 24.0 Å². The first-order valence-electron chi connectivity index (χ1n) is 10.1. The first-order valence-corrected chi connectivity index (χ1v) is 10.1. The van der Waals surface area contributed by atoms with Gasteiger partial charge in [-0.05, 0) is 63.3 Å². The van der Waals surface area contributed by atoms with Crippen LogP contribution in [-0.4, -0.2) is 54.6 Å². The molecule has 7 nitrogen and oxygen atoms in total. The molecule has 164 valence electrons. The second-order valence-corrected chi connectivity index (χ2v) is 8.31. The van der Waals surface area contributed by atoms with Crippen LogP contribution < -0.4 is 10.6 Å². The van der Waals surface area contributed by atoms with E-state index in [0.29, 0.717) is 25.2 Å². The van der Waals surface area contributed by atoms with Gasteiger partial charge < -0.3 is 20.3 Å². The molecule has 0 saturated carbocycles. The molecule has 0 aromatic heterocycles. The number of amides is 3. The van der Waals surface area contributed by atoms with Crippen LogP contribution in [0.3, 0.4) is 0 Å². The third-order valence-electron chi connectivity index (χ3n) is 4.59. The van der Waals surface area contributed by atoms with Crippen molar-refractivity contribution in [1.29, 1.82) is 0 Å². The Hall–Kier alpha value is -2.90. The molecule has 3 amide bonds. The van der Waals surface area contributed by atoms with Crippen molar-refractivity contribution < 1.29 is 23.5 Å². The zero-order chi connectivity index (χ0) is 22.1. The highest BCUT2D eigenvalue weighted by Gasteiger charge is 2.24. The molecule has 1 fully saturated rings. The van der Waals surface area contributed by atoms with E-state index in [1.165, 1.54) is 18.2 Å². The lowest BCUT2D eigenvalue weighted by Crippen LogP contribution is -2.46. The van der Waals surface area contributed by atoms with Gasteiger partial charge in [0, 0.05) is 25.7 Å². The molecule has 0 atom stereocenters. The van der Waals surface area contributed by atoms with Gasteiger partial charge in [0.25, 0.3) is 0 Å². The Labute approximate surface area is 176 Å². The van der Waals surface area contributed by atoms with Crippen molar-refractivity contribution in [2.45, 2.75) is 39.2 Å². The Kier molecular flexibility index (Phi) is 8.38. The number of alkyl carbamates (subject to hydrolysis) is 1. The van der Waals surface area contributed by atoms with E-state index in [2.05, 4.69) is 10.6 Å². The first-order chi connectivity index (χ1) is 14.1. The molecule has 1 aliphatic rings. The monoisotopic (exact) mass is 419 g/mol. The predicted molar refractivity (Wildman–Crippen MR) is 112 cm³/mol. The number of carbonyl (C=O) groups excluding carboxylic acids is 3. The SMILES string of the molecule is CC(C)(C)OC(=O)NCC(=O)N1CCC(CNC(=O)/C=C/c2cccc(F)c2)CC1. The fourth-order valence-corrected chi connectivity index (χ4v) is 3.05. The molecule has 8 heteroatoms. The highest BCUT2D eigenvalue weighted by atomic mass is 19.1. The van der Waals surface area contributed by atoms with Crippen LogP contribution in [0.1, 0.15) is 39.2 Å². The summed E-state index contributed by atoms with van der Waals surface area (Å²) in [6.07, 6.45) is 3.88. The maximum Gasteiger partial charge on any atom is 0.408 e. The summed E-state index contributed by atoms with van der Waals surface area (Å²) in [6.45, 7) is 6.86. The summed E-state index contributed by atoms with van der Waals surface area (Å²) in [7, 11) is 0. The van der Waals surface area contributed by atoms with Gasteiger partial charge in [-0.2, -0.15) is 0 Å². The fourth-order valence-electron chi connectivity index (χ4n) is 3.05. The average molecular weight is 419 g/mol. The third kappa shape index (κ3) is 8.63. The number of hydrogen-bond donors (Lipinski definition) is 2. The Morgan fingerprint density at radius 3 is 2.53 bits per heavy atom. The van der Waals surface area contributed by atoms with E-state index < -0.39 is 11.7 Å². The minimum absolute atomic E-state index is 0.0960. The number of ether oxygens (including phenoxy) is 1. The lowest BCUT2D eigenvalue weighted by Gasteiger charge is -2.32. The van der Waals surface area contributed by atoms with Crippen LogP contribution in [0.5, 0.6) is 0 Å². The third-order valence-corrected chi connectivity index (χ3v) is 4.59. The Morgan fingerprint density at radius 2 is 1.90 bits per heavy atom. The van der Waals surface area contributed by atoms with E-state index in [4.69, 9.17) is 4.74 Å². The van der Waals surface area contributed by atoms with Crippen molar-refractivity contribution in [2.24, 2.45) is 5.92 Å². The van der Waals surface area contributed by atoms with Gasteiger partial charge >= 0.3 is 6.09 Å². The summed E-state index contributed by atoms with van der Waals surface area (Å²) in [5, 5.41) is 5.32. The number of nitrogens with zero attached hydrogens (tertiary/aromatic N) is 1. The maximum atomic E-state index is 13.1. The quantitative estimate of drug-likeness (QED) is 0.694. The molecule has 30 heavy (non-hydrogen) atoms. The molecule has 2 N–H and O–H groups in total. The number of benzene rings is 1. The number of likely N-dealkylation sites (tertiary alicyclic amines) is 1. The van der Waals surface area contributed by atoms with Crippen molar-refractivity contribution in [1.82, 2.24) is 15.5 Å². The van der Waals surface area contributed by atoms with E-state index in [-0.39, 0.29) is 30.1 Å². The summed E-state index contributed by atoms with van der Waals surface area (Å²) in [4.78, 5) is 37.5. The fraction of sp³-hybridized carbons (Fsp3) is 0.500. The number of halogens is 1. The zero-order valence-electron chi connectivity index (χ0n) is 17.7. The molecule has 2 rings (SSSR count). The largest absolute Gasteiger partial charge is 0.444 e. The number of carbonyl (C=O) groups is 3. The van der Waals surface area contributed by atoms with Gasteiger partial charge in [-0.15, -0.1) is 0 Å². The van der Waals surface area contributed by atoms with E-state index >= 15 is 0 Å². The van der Waals surface area contributed by atoms with Crippen molar-refractivity contribution in [3.05, 3.63) is 41.7 Å². The average Bonchev–Trinajstić information content (AvgIpc) is 2.68. The normalized spacial score (nSPS) is 15.1. The smallest absolute Gasteiger partial charge is 0.408 e. The molecule has 1 saturated heterocycles. The minimum Gasteiger partial charge on any atom is -0.444 e. The molecule has 1 heterocycles. The van der Waals surface area contributed by atoms with Crippen molar-refractivity contribution in [3.8, 4) is 0 Å². The molecule has 0 unspecified atom stereocenters. The van der Waals surface area contributed by atoms with Crippen LogP contribution in [0.25, 0.3) is 6.08 Å². The number of piperidine rings is 1. The number of hydrogen-bond acceptors (Lipinski definition) is 4. The van der Waals surface area contributed by atoms with Gasteiger partial charge in [0.1, 0.15) is 18.0 Å². The second-order valence-electron chi connectivity index (χ2n) is 8.31. The van der Waals surface area contributed by atoms with Crippen LogP contribution >= 0.6 is 0 Å².